The molecule has 1 fully saturated rings. The highest BCUT2D eigenvalue weighted by atomic mass is 35.5. The number of halogens is 1. The molecule has 1 aromatic rings. The van der Waals surface area contributed by atoms with Crippen LogP contribution in [-0.2, 0) is 6.54 Å². The molecule has 0 radical (unpaired) electrons. The first-order valence-electron chi connectivity index (χ1n) is 10.9. The minimum Gasteiger partial charge on any atom is -0.366 e. The quantitative estimate of drug-likeness (QED) is 0.454. The summed E-state index contributed by atoms with van der Waals surface area (Å²) in [6.07, 6.45) is 7.48. The minimum atomic E-state index is -0.381. The molecule has 0 aromatic heterocycles. The maximum Gasteiger partial charge on any atom is 0.269 e. The van der Waals surface area contributed by atoms with Gasteiger partial charge in [0.1, 0.15) is 5.82 Å². The van der Waals surface area contributed by atoms with E-state index in [1.165, 1.54) is 25.0 Å². The molecule has 1 aliphatic carbocycles. The van der Waals surface area contributed by atoms with Crippen LogP contribution in [0.15, 0.2) is 40.1 Å². The molecular weight excluding hydrogens is 400 g/mol. The molecule has 1 aromatic carbocycles. The molecule has 30 heavy (non-hydrogen) atoms. The van der Waals surface area contributed by atoms with Crippen LogP contribution >= 0.6 is 11.6 Å². The zero-order valence-corrected chi connectivity index (χ0v) is 19.2. The summed E-state index contributed by atoms with van der Waals surface area (Å²) >= 11 is 6.77. The highest BCUT2D eigenvalue weighted by Crippen LogP contribution is 2.38. The normalized spacial score (nSPS) is 24.8. The lowest BCUT2D eigenvalue weighted by molar-refractivity contribution is -0.384. The summed E-state index contributed by atoms with van der Waals surface area (Å²) in [5.74, 6) is 1.57. The van der Waals surface area contributed by atoms with Gasteiger partial charge in [-0.3, -0.25) is 10.1 Å². The lowest BCUT2D eigenvalue weighted by atomic mass is 9.71. The van der Waals surface area contributed by atoms with Gasteiger partial charge in [-0.1, -0.05) is 51.4 Å². The predicted molar refractivity (Wildman–Crippen MR) is 122 cm³/mol. The Bertz CT molecular complexity index is 805. The Morgan fingerprint density at radius 3 is 2.37 bits per heavy atom. The number of nitro benzene ring substituents is 1. The zero-order chi connectivity index (χ0) is 21.9. The standard InChI is InChI=1S/C23H33ClN4O2/c1-5-20-21(24)22(26-18-10-8-17(9-11-18)23(2,3)4)25-15-27(20)14-16-6-12-19(13-7-16)28(29)30/h6-7,12-13,15,17-18,20,26H,5,8-11,14H2,1-4H3. The maximum atomic E-state index is 10.9. The van der Waals surface area contributed by atoms with Gasteiger partial charge in [-0.05, 0) is 49.0 Å². The van der Waals surface area contributed by atoms with Gasteiger partial charge in [0.2, 0.25) is 0 Å². The number of nitrogens with zero attached hydrogens (tertiary/aromatic N) is 3. The van der Waals surface area contributed by atoms with E-state index < -0.39 is 0 Å². The molecule has 1 heterocycles. The second-order valence-corrected chi connectivity index (χ2v) is 9.93. The van der Waals surface area contributed by atoms with Crippen molar-refractivity contribution in [3.05, 3.63) is 50.8 Å². The highest BCUT2D eigenvalue weighted by Gasteiger charge is 2.31. The van der Waals surface area contributed by atoms with Gasteiger partial charge in [0.25, 0.3) is 5.69 Å². The summed E-state index contributed by atoms with van der Waals surface area (Å²) in [6.45, 7) is 9.73. The van der Waals surface area contributed by atoms with Gasteiger partial charge in [0.05, 0.1) is 22.3 Å². The first-order valence-corrected chi connectivity index (χ1v) is 11.3. The number of non-ortho nitro benzene ring substituents is 1. The fourth-order valence-electron chi connectivity index (χ4n) is 4.48. The van der Waals surface area contributed by atoms with Crippen molar-refractivity contribution in [1.82, 2.24) is 10.2 Å². The van der Waals surface area contributed by atoms with Crippen molar-refractivity contribution in [2.24, 2.45) is 16.3 Å². The monoisotopic (exact) mass is 432 g/mol. The number of rotatable bonds is 6. The van der Waals surface area contributed by atoms with E-state index in [4.69, 9.17) is 11.6 Å². The molecule has 6 nitrogen and oxygen atoms in total. The van der Waals surface area contributed by atoms with Gasteiger partial charge in [0.15, 0.2) is 0 Å². The van der Waals surface area contributed by atoms with Crippen molar-refractivity contribution >= 4 is 23.6 Å². The number of nitrogens with one attached hydrogen (secondary N) is 1. The summed E-state index contributed by atoms with van der Waals surface area (Å²) in [6, 6.07) is 7.12. The van der Waals surface area contributed by atoms with Crippen molar-refractivity contribution in [2.75, 3.05) is 0 Å². The van der Waals surface area contributed by atoms with E-state index in [-0.39, 0.29) is 16.7 Å². The van der Waals surface area contributed by atoms with Crippen LogP contribution < -0.4 is 5.32 Å². The largest absolute Gasteiger partial charge is 0.366 e. The van der Waals surface area contributed by atoms with E-state index in [1.807, 2.05) is 6.34 Å². The molecule has 1 aliphatic heterocycles. The van der Waals surface area contributed by atoms with Crippen molar-refractivity contribution < 1.29 is 4.92 Å². The van der Waals surface area contributed by atoms with Crippen LogP contribution in [0.2, 0.25) is 0 Å². The third-order valence-corrected chi connectivity index (χ3v) is 6.88. The Kier molecular flexibility index (Phi) is 7.06. The van der Waals surface area contributed by atoms with Gasteiger partial charge in [-0.25, -0.2) is 4.99 Å². The van der Waals surface area contributed by atoms with Crippen molar-refractivity contribution in [2.45, 2.75) is 78.4 Å². The van der Waals surface area contributed by atoms with Gasteiger partial charge in [-0.15, -0.1) is 0 Å². The molecule has 2 aliphatic rings. The number of nitro groups is 1. The van der Waals surface area contributed by atoms with Gasteiger partial charge < -0.3 is 10.2 Å². The predicted octanol–water partition coefficient (Wildman–Crippen LogP) is 5.82. The molecule has 1 unspecified atom stereocenters. The smallest absolute Gasteiger partial charge is 0.269 e. The number of hydrogen-bond acceptors (Lipinski definition) is 5. The molecule has 1 saturated carbocycles. The maximum absolute atomic E-state index is 10.9. The molecule has 7 heteroatoms. The second kappa shape index (κ2) is 9.38. The van der Waals surface area contributed by atoms with Crippen LogP contribution in [0, 0.1) is 21.4 Å². The summed E-state index contributed by atoms with van der Waals surface area (Å²) < 4.78 is 0. The van der Waals surface area contributed by atoms with Crippen LogP contribution in [0.25, 0.3) is 0 Å². The molecule has 1 atom stereocenters. The molecule has 3 rings (SSSR count). The molecule has 164 valence electrons. The average Bonchev–Trinajstić information content (AvgIpc) is 2.70. The van der Waals surface area contributed by atoms with Gasteiger partial charge >= 0.3 is 0 Å². The third kappa shape index (κ3) is 5.34. The van der Waals surface area contributed by atoms with Crippen LogP contribution in [-0.4, -0.2) is 28.2 Å². The van der Waals surface area contributed by atoms with Crippen LogP contribution in [0.4, 0.5) is 5.69 Å². The third-order valence-electron chi connectivity index (χ3n) is 6.45. The van der Waals surface area contributed by atoms with Crippen LogP contribution in [0.3, 0.4) is 0 Å². The molecule has 1 N–H and O–H groups in total. The van der Waals surface area contributed by atoms with E-state index in [2.05, 4.69) is 42.9 Å². The molecule has 0 spiro atoms. The second-order valence-electron chi connectivity index (χ2n) is 9.52. The van der Waals surface area contributed by atoms with E-state index in [0.29, 0.717) is 18.0 Å². The molecule has 0 amide bonds. The van der Waals surface area contributed by atoms with E-state index in [9.17, 15) is 10.1 Å². The topological polar surface area (TPSA) is 70.8 Å². The lowest BCUT2D eigenvalue weighted by Gasteiger charge is -2.38. The van der Waals surface area contributed by atoms with Crippen LogP contribution in [0.1, 0.15) is 65.4 Å². The number of aliphatic imine (C=N–C) groups is 1. The summed E-state index contributed by atoms with van der Waals surface area (Å²) in [5, 5.41) is 15.2. The molecule has 0 saturated heterocycles. The van der Waals surface area contributed by atoms with E-state index >= 15 is 0 Å². The zero-order valence-electron chi connectivity index (χ0n) is 18.4. The van der Waals surface area contributed by atoms with E-state index in [1.54, 1.807) is 12.1 Å². The fourth-order valence-corrected chi connectivity index (χ4v) is 4.86. The highest BCUT2D eigenvalue weighted by molar-refractivity contribution is 6.30. The molecule has 0 bridgehead atoms. The Balaban J connectivity index is 1.62. The first kappa shape index (κ1) is 22.6. The van der Waals surface area contributed by atoms with Crippen LogP contribution in [0.5, 0.6) is 0 Å². The van der Waals surface area contributed by atoms with Crippen molar-refractivity contribution in [3.8, 4) is 0 Å². The van der Waals surface area contributed by atoms with Gasteiger partial charge in [0, 0.05) is 24.7 Å². The number of hydrogen-bond donors (Lipinski definition) is 1. The lowest BCUT2D eigenvalue weighted by Crippen LogP contribution is -2.41. The van der Waals surface area contributed by atoms with E-state index in [0.717, 1.165) is 41.6 Å². The Hall–Kier alpha value is -2.08. The number of benzene rings is 1. The summed E-state index contributed by atoms with van der Waals surface area (Å²) in [7, 11) is 0. The van der Waals surface area contributed by atoms with Crippen molar-refractivity contribution in [1.29, 1.82) is 0 Å². The minimum absolute atomic E-state index is 0.0489. The Labute approximate surface area is 184 Å². The Morgan fingerprint density at radius 1 is 1.20 bits per heavy atom. The average molecular weight is 433 g/mol. The Morgan fingerprint density at radius 2 is 1.83 bits per heavy atom. The molecular formula is C23H33ClN4O2. The first-order chi connectivity index (χ1) is 14.2. The van der Waals surface area contributed by atoms with Gasteiger partial charge in [-0.2, -0.15) is 0 Å². The SMILES string of the molecule is CCC1C(Cl)=C(NC2CCC(C(C)(C)C)CC2)N=CN1Cc1ccc([N+](=O)[O-])cc1. The fraction of sp³-hybridized carbons (Fsp3) is 0.609. The summed E-state index contributed by atoms with van der Waals surface area (Å²) in [4.78, 5) is 17.2. The van der Waals surface area contributed by atoms with Crippen molar-refractivity contribution in [3.63, 3.8) is 0 Å². The summed E-state index contributed by atoms with van der Waals surface area (Å²) in [5.41, 5.74) is 1.46.